The largest absolute Gasteiger partial charge is 0.295 e. The third-order valence-electron chi connectivity index (χ3n) is 2.54. The monoisotopic (exact) mass is 248 g/mol. The lowest BCUT2D eigenvalue weighted by Crippen LogP contribution is -2.04. The SMILES string of the molecule is Cc1cc(-n2[nH]c(C(C)C)cc2=S)nc(C)n1. The van der Waals surface area contributed by atoms with E-state index < -0.39 is 0 Å². The third-order valence-corrected chi connectivity index (χ3v) is 2.84. The first-order chi connectivity index (χ1) is 7.97. The van der Waals surface area contributed by atoms with Crippen molar-refractivity contribution in [3.8, 4) is 5.82 Å². The highest BCUT2D eigenvalue weighted by Crippen LogP contribution is 2.15. The van der Waals surface area contributed by atoms with E-state index in [-0.39, 0.29) is 0 Å². The summed E-state index contributed by atoms with van der Waals surface area (Å²) in [5.74, 6) is 1.97. The fraction of sp³-hybridized carbons (Fsp3) is 0.417. The molecular weight excluding hydrogens is 232 g/mol. The maximum absolute atomic E-state index is 5.33. The number of aromatic nitrogens is 4. The van der Waals surface area contributed by atoms with Gasteiger partial charge in [-0.2, -0.15) is 0 Å². The van der Waals surface area contributed by atoms with Crippen molar-refractivity contribution in [1.29, 1.82) is 0 Å². The van der Waals surface area contributed by atoms with Gasteiger partial charge in [0, 0.05) is 17.5 Å². The van der Waals surface area contributed by atoms with Crippen LogP contribution in [0.25, 0.3) is 5.82 Å². The minimum atomic E-state index is 0.419. The van der Waals surface area contributed by atoms with Gasteiger partial charge >= 0.3 is 0 Å². The van der Waals surface area contributed by atoms with E-state index in [1.54, 1.807) is 0 Å². The molecule has 0 aromatic carbocycles. The molecule has 0 radical (unpaired) electrons. The number of nitrogens with one attached hydrogen (secondary N) is 1. The summed E-state index contributed by atoms with van der Waals surface area (Å²) in [5, 5.41) is 3.27. The predicted octanol–water partition coefficient (Wildman–Crippen LogP) is 3.07. The number of rotatable bonds is 2. The second-order valence-corrected chi connectivity index (χ2v) is 4.87. The van der Waals surface area contributed by atoms with Crippen molar-refractivity contribution in [3.05, 3.63) is 34.0 Å². The fourth-order valence-electron chi connectivity index (χ4n) is 1.69. The number of nitrogens with zero attached hydrogens (tertiary/aromatic N) is 3. The molecule has 1 N–H and O–H groups in total. The van der Waals surface area contributed by atoms with E-state index in [2.05, 4.69) is 28.9 Å². The molecule has 0 unspecified atom stereocenters. The summed E-state index contributed by atoms with van der Waals surface area (Å²) in [6.45, 7) is 8.09. The van der Waals surface area contributed by atoms with E-state index in [1.165, 1.54) is 0 Å². The van der Waals surface area contributed by atoms with Crippen LogP contribution in [-0.4, -0.2) is 19.7 Å². The molecule has 0 fully saturated rings. The van der Waals surface area contributed by atoms with Crippen molar-refractivity contribution >= 4 is 12.2 Å². The van der Waals surface area contributed by atoms with Gasteiger partial charge in [-0.15, -0.1) is 0 Å². The Kier molecular flexibility index (Phi) is 3.11. The first-order valence-corrected chi connectivity index (χ1v) is 6.03. The molecule has 0 saturated heterocycles. The predicted molar refractivity (Wildman–Crippen MR) is 70.1 cm³/mol. The second kappa shape index (κ2) is 4.41. The molecule has 0 bridgehead atoms. The van der Waals surface area contributed by atoms with Crippen molar-refractivity contribution in [2.75, 3.05) is 0 Å². The molecule has 2 aromatic heterocycles. The zero-order chi connectivity index (χ0) is 12.6. The Labute approximate surface area is 106 Å². The van der Waals surface area contributed by atoms with Crippen molar-refractivity contribution in [2.24, 2.45) is 0 Å². The smallest absolute Gasteiger partial charge is 0.156 e. The lowest BCUT2D eigenvalue weighted by atomic mass is 10.1. The Hall–Kier alpha value is -1.49. The molecule has 2 rings (SSSR count). The lowest BCUT2D eigenvalue weighted by Gasteiger charge is -2.05. The van der Waals surface area contributed by atoms with Gasteiger partial charge in [0.05, 0.1) is 0 Å². The Morgan fingerprint density at radius 2 is 1.94 bits per heavy atom. The number of aromatic amines is 1. The summed E-state index contributed by atoms with van der Waals surface area (Å²) in [6, 6.07) is 3.90. The van der Waals surface area contributed by atoms with Gasteiger partial charge in [-0.25, -0.2) is 14.6 Å². The van der Waals surface area contributed by atoms with E-state index in [1.807, 2.05) is 30.7 Å². The van der Waals surface area contributed by atoms with Crippen molar-refractivity contribution in [1.82, 2.24) is 19.7 Å². The molecule has 2 heterocycles. The number of aryl methyl sites for hydroxylation is 2. The maximum atomic E-state index is 5.33. The standard InChI is InChI=1S/C12H16N4S/c1-7(2)10-6-12(17)16(15-10)11-5-8(3)13-9(4)14-11/h5-7,15H,1-4H3. The summed E-state index contributed by atoms with van der Waals surface area (Å²) in [5.41, 5.74) is 2.05. The zero-order valence-electron chi connectivity index (χ0n) is 10.5. The van der Waals surface area contributed by atoms with E-state index in [0.29, 0.717) is 5.92 Å². The highest BCUT2D eigenvalue weighted by Gasteiger charge is 2.07. The molecule has 2 aromatic rings. The van der Waals surface area contributed by atoms with Gasteiger partial charge < -0.3 is 0 Å². The first-order valence-electron chi connectivity index (χ1n) is 5.62. The molecule has 4 nitrogen and oxygen atoms in total. The van der Waals surface area contributed by atoms with Gasteiger partial charge in [0.25, 0.3) is 0 Å². The molecular formula is C12H16N4S. The van der Waals surface area contributed by atoms with Crippen LogP contribution in [0, 0.1) is 18.5 Å². The second-order valence-electron chi connectivity index (χ2n) is 4.45. The molecule has 0 aliphatic carbocycles. The maximum Gasteiger partial charge on any atom is 0.156 e. The van der Waals surface area contributed by atoms with Crippen LogP contribution in [-0.2, 0) is 0 Å². The van der Waals surface area contributed by atoms with Crippen molar-refractivity contribution in [3.63, 3.8) is 0 Å². The number of hydrogen-bond donors (Lipinski definition) is 1. The molecule has 17 heavy (non-hydrogen) atoms. The Morgan fingerprint density at radius 1 is 1.24 bits per heavy atom. The van der Waals surface area contributed by atoms with Gasteiger partial charge in [-0.05, 0) is 25.8 Å². The molecule has 0 aliphatic heterocycles. The van der Waals surface area contributed by atoms with Crippen LogP contribution >= 0.6 is 12.2 Å². The molecule has 0 aliphatic rings. The van der Waals surface area contributed by atoms with Crippen LogP contribution in [0.4, 0.5) is 0 Å². The van der Waals surface area contributed by atoms with Gasteiger partial charge in [0.15, 0.2) is 5.82 Å². The van der Waals surface area contributed by atoms with Gasteiger partial charge in [-0.3, -0.25) is 5.10 Å². The Balaban J connectivity index is 2.56. The van der Waals surface area contributed by atoms with Gasteiger partial charge in [0.2, 0.25) is 0 Å². The van der Waals surface area contributed by atoms with Gasteiger partial charge in [-0.1, -0.05) is 26.1 Å². The minimum Gasteiger partial charge on any atom is -0.295 e. The average molecular weight is 248 g/mol. The molecule has 0 spiro atoms. The van der Waals surface area contributed by atoms with Crippen LogP contribution in [0.2, 0.25) is 0 Å². The van der Waals surface area contributed by atoms with Crippen LogP contribution in [0.5, 0.6) is 0 Å². The third kappa shape index (κ3) is 2.44. The summed E-state index contributed by atoms with van der Waals surface area (Å²) >= 11 is 5.33. The molecule has 5 heteroatoms. The summed E-state index contributed by atoms with van der Waals surface area (Å²) in [7, 11) is 0. The van der Waals surface area contributed by atoms with E-state index >= 15 is 0 Å². The topological polar surface area (TPSA) is 46.5 Å². The summed E-state index contributed by atoms with van der Waals surface area (Å²) in [6.07, 6.45) is 0. The van der Waals surface area contributed by atoms with E-state index in [9.17, 15) is 0 Å². The van der Waals surface area contributed by atoms with Crippen LogP contribution < -0.4 is 0 Å². The lowest BCUT2D eigenvalue weighted by molar-refractivity contribution is 0.747. The normalized spacial score (nSPS) is 11.1. The molecule has 0 atom stereocenters. The average Bonchev–Trinajstić information content (AvgIpc) is 2.59. The van der Waals surface area contributed by atoms with Crippen molar-refractivity contribution < 1.29 is 0 Å². The van der Waals surface area contributed by atoms with Crippen molar-refractivity contribution in [2.45, 2.75) is 33.6 Å². The number of hydrogen-bond acceptors (Lipinski definition) is 3. The first kappa shape index (κ1) is 12.0. The van der Waals surface area contributed by atoms with Crippen LogP contribution in [0.3, 0.4) is 0 Å². The number of H-pyrrole nitrogens is 1. The van der Waals surface area contributed by atoms with Gasteiger partial charge in [0.1, 0.15) is 10.5 Å². The molecule has 90 valence electrons. The minimum absolute atomic E-state index is 0.419. The molecule has 0 saturated carbocycles. The highest BCUT2D eigenvalue weighted by molar-refractivity contribution is 7.71. The Bertz CT molecular complexity index is 575. The van der Waals surface area contributed by atoms with Crippen LogP contribution in [0.15, 0.2) is 12.1 Å². The van der Waals surface area contributed by atoms with E-state index in [4.69, 9.17) is 12.2 Å². The summed E-state index contributed by atoms with van der Waals surface area (Å²) in [4.78, 5) is 8.65. The quantitative estimate of drug-likeness (QED) is 0.831. The zero-order valence-corrected chi connectivity index (χ0v) is 11.3. The van der Waals surface area contributed by atoms with Crippen LogP contribution in [0.1, 0.15) is 37.0 Å². The summed E-state index contributed by atoms with van der Waals surface area (Å²) < 4.78 is 2.57. The fourth-order valence-corrected chi connectivity index (χ4v) is 1.96. The molecule has 0 amide bonds. The Morgan fingerprint density at radius 3 is 2.47 bits per heavy atom. The highest BCUT2D eigenvalue weighted by atomic mass is 32.1. The van der Waals surface area contributed by atoms with E-state index in [0.717, 1.165) is 27.7 Å².